The van der Waals surface area contributed by atoms with Gasteiger partial charge in [-0.2, -0.15) is 0 Å². The molecule has 0 bridgehead atoms. The summed E-state index contributed by atoms with van der Waals surface area (Å²) >= 11 is 0. The van der Waals surface area contributed by atoms with Crippen molar-refractivity contribution < 1.29 is 0 Å². The molecule has 0 unspecified atom stereocenters. The van der Waals surface area contributed by atoms with Crippen molar-refractivity contribution >= 4 is 16.9 Å². The van der Waals surface area contributed by atoms with Gasteiger partial charge in [0.25, 0.3) is 0 Å². The van der Waals surface area contributed by atoms with Crippen molar-refractivity contribution in [3.63, 3.8) is 0 Å². The Morgan fingerprint density at radius 1 is 1.20 bits per heavy atom. The molecule has 0 aliphatic carbocycles. The molecule has 3 heterocycles. The zero-order chi connectivity index (χ0) is 17.2. The summed E-state index contributed by atoms with van der Waals surface area (Å²) in [5, 5.41) is 3.47. The molecular formula is C20H25N5. The highest BCUT2D eigenvalue weighted by Crippen LogP contribution is 2.21. The lowest BCUT2D eigenvalue weighted by molar-refractivity contribution is 0.308. The predicted octanol–water partition coefficient (Wildman–Crippen LogP) is 3.21. The summed E-state index contributed by atoms with van der Waals surface area (Å²) in [6.45, 7) is 6.21. The summed E-state index contributed by atoms with van der Waals surface area (Å²) < 4.78 is 2.22. The average Bonchev–Trinajstić information content (AvgIpc) is 3.20. The van der Waals surface area contributed by atoms with E-state index >= 15 is 0 Å². The number of aryl methyl sites for hydroxylation is 2. The van der Waals surface area contributed by atoms with Gasteiger partial charge in [-0.05, 0) is 49.6 Å². The first-order chi connectivity index (χ1) is 12.2. The maximum absolute atomic E-state index is 4.80. The molecule has 2 aromatic heterocycles. The summed E-state index contributed by atoms with van der Waals surface area (Å²) in [4.78, 5) is 11.7. The van der Waals surface area contributed by atoms with Crippen molar-refractivity contribution in [2.45, 2.75) is 19.9 Å². The SMILES string of the molecule is Cc1ccc(NC[C@H]2CCN(Cc3nc4ccccc4n3C)C2)nc1. The van der Waals surface area contributed by atoms with E-state index in [0.29, 0.717) is 5.92 Å². The molecule has 0 saturated carbocycles. The summed E-state index contributed by atoms with van der Waals surface area (Å²) in [5.74, 6) is 2.78. The fourth-order valence-corrected chi connectivity index (χ4v) is 3.58. The topological polar surface area (TPSA) is 46.0 Å². The van der Waals surface area contributed by atoms with Crippen LogP contribution in [0.15, 0.2) is 42.6 Å². The minimum Gasteiger partial charge on any atom is -0.370 e. The number of fused-ring (bicyclic) bond motifs is 1. The lowest BCUT2D eigenvalue weighted by Gasteiger charge is -2.16. The first-order valence-corrected chi connectivity index (χ1v) is 8.98. The number of hydrogen-bond donors (Lipinski definition) is 1. The molecule has 0 spiro atoms. The molecule has 5 heteroatoms. The summed E-state index contributed by atoms with van der Waals surface area (Å²) in [6, 6.07) is 12.5. The Kier molecular flexibility index (Phi) is 4.40. The van der Waals surface area contributed by atoms with Crippen LogP contribution in [0.2, 0.25) is 0 Å². The third kappa shape index (κ3) is 3.51. The molecule has 0 amide bonds. The van der Waals surface area contributed by atoms with Crippen molar-refractivity contribution in [3.8, 4) is 0 Å². The molecule has 5 nitrogen and oxygen atoms in total. The third-order valence-corrected chi connectivity index (χ3v) is 5.10. The van der Waals surface area contributed by atoms with Crippen LogP contribution in [0.3, 0.4) is 0 Å². The molecule has 1 aliphatic rings. The predicted molar refractivity (Wildman–Crippen MR) is 102 cm³/mol. The largest absolute Gasteiger partial charge is 0.370 e. The number of anilines is 1. The van der Waals surface area contributed by atoms with Gasteiger partial charge in [-0.1, -0.05) is 18.2 Å². The molecule has 1 saturated heterocycles. The Balaban J connectivity index is 1.34. The monoisotopic (exact) mass is 335 g/mol. The average molecular weight is 335 g/mol. The van der Waals surface area contributed by atoms with E-state index in [-0.39, 0.29) is 0 Å². The van der Waals surface area contributed by atoms with Gasteiger partial charge in [0.1, 0.15) is 11.6 Å². The lowest BCUT2D eigenvalue weighted by atomic mass is 10.1. The molecule has 25 heavy (non-hydrogen) atoms. The third-order valence-electron chi connectivity index (χ3n) is 5.10. The van der Waals surface area contributed by atoms with Crippen molar-refractivity contribution in [1.82, 2.24) is 19.4 Å². The second kappa shape index (κ2) is 6.84. The smallest absolute Gasteiger partial charge is 0.125 e. The Morgan fingerprint density at radius 2 is 2.08 bits per heavy atom. The van der Waals surface area contributed by atoms with Gasteiger partial charge < -0.3 is 9.88 Å². The number of nitrogens with zero attached hydrogens (tertiary/aromatic N) is 4. The van der Waals surface area contributed by atoms with E-state index in [1.807, 2.05) is 6.20 Å². The first-order valence-electron chi connectivity index (χ1n) is 8.98. The normalized spacial score (nSPS) is 18.1. The number of nitrogens with one attached hydrogen (secondary N) is 1. The molecule has 3 aromatic rings. The quantitative estimate of drug-likeness (QED) is 0.778. The number of aromatic nitrogens is 3. The van der Waals surface area contributed by atoms with E-state index in [9.17, 15) is 0 Å². The number of para-hydroxylation sites is 2. The van der Waals surface area contributed by atoms with Crippen LogP contribution in [-0.4, -0.2) is 39.1 Å². The summed E-state index contributed by atoms with van der Waals surface area (Å²) in [5.41, 5.74) is 3.49. The van der Waals surface area contributed by atoms with Crippen molar-refractivity contribution in [3.05, 3.63) is 54.0 Å². The van der Waals surface area contributed by atoms with Crippen molar-refractivity contribution in [2.75, 3.05) is 25.0 Å². The van der Waals surface area contributed by atoms with Crippen LogP contribution in [-0.2, 0) is 13.6 Å². The van der Waals surface area contributed by atoms with Crippen LogP contribution in [0.4, 0.5) is 5.82 Å². The van der Waals surface area contributed by atoms with Gasteiger partial charge in [0, 0.05) is 26.3 Å². The van der Waals surface area contributed by atoms with Gasteiger partial charge in [-0.3, -0.25) is 4.90 Å². The second-order valence-corrected chi connectivity index (χ2v) is 7.07. The number of pyridine rings is 1. The highest BCUT2D eigenvalue weighted by Gasteiger charge is 2.23. The molecule has 1 atom stereocenters. The lowest BCUT2D eigenvalue weighted by Crippen LogP contribution is -2.24. The second-order valence-electron chi connectivity index (χ2n) is 7.07. The van der Waals surface area contributed by atoms with E-state index in [1.165, 1.54) is 17.5 Å². The van der Waals surface area contributed by atoms with Crippen LogP contribution >= 0.6 is 0 Å². The Hall–Kier alpha value is -2.40. The van der Waals surface area contributed by atoms with E-state index in [0.717, 1.165) is 43.3 Å². The van der Waals surface area contributed by atoms with Gasteiger partial charge in [0.05, 0.1) is 17.6 Å². The Labute approximate surface area is 148 Å². The molecular weight excluding hydrogens is 310 g/mol. The van der Waals surface area contributed by atoms with E-state index in [1.54, 1.807) is 0 Å². The maximum atomic E-state index is 4.80. The number of likely N-dealkylation sites (tertiary alicyclic amines) is 1. The minimum atomic E-state index is 0.665. The van der Waals surface area contributed by atoms with Crippen LogP contribution in [0.25, 0.3) is 11.0 Å². The number of benzene rings is 1. The van der Waals surface area contributed by atoms with E-state index in [2.05, 4.69) is 70.1 Å². The van der Waals surface area contributed by atoms with Gasteiger partial charge in [-0.25, -0.2) is 9.97 Å². The number of hydrogen-bond acceptors (Lipinski definition) is 4. The fourth-order valence-electron chi connectivity index (χ4n) is 3.58. The number of rotatable bonds is 5. The molecule has 1 aromatic carbocycles. The molecule has 1 aliphatic heterocycles. The van der Waals surface area contributed by atoms with Crippen LogP contribution < -0.4 is 5.32 Å². The highest BCUT2D eigenvalue weighted by molar-refractivity contribution is 5.75. The van der Waals surface area contributed by atoms with E-state index in [4.69, 9.17) is 4.98 Å². The summed E-state index contributed by atoms with van der Waals surface area (Å²) in [6.07, 6.45) is 3.14. The van der Waals surface area contributed by atoms with Crippen molar-refractivity contribution in [2.24, 2.45) is 13.0 Å². The van der Waals surface area contributed by atoms with E-state index < -0.39 is 0 Å². The van der Waals surface area contributed by atoms with Crippen LogP contribution in [0, 0.1) is 12.8 Å². The maximum Gasteiger partial charge on any atom is 0.125 e. The molecule has 0 radical (unpaired) electrons. The Bertz CT molecular complexity index is 852. The molecule has 1 fully saturated rings. The van der Waals surface area contributed by atoms with Gasteiger partial charge >= 0.3 is 0 Å². The van der Waals surface area contributed by atoms with Crippen LogP contribution in [0.5, 0.6) is 0 Å². The van der Waals surface area contributed by atoms with Crippen LogP contribution in [0.1, 0.15) is 17.8 Å². The standard InChI is InChI=1S/C20H25N5/c1-15-7-8-19(21-11-15)22-12-16-9-10-25(13-16)14-20-23-17-5-3-4-6-18(17)24(20)2/h3-8,11,16H,9-10,12-14H2,1-2H3,(H,21,22)/t16-/m1/s1. The first kappa shape index (κ1) is 16.1. The van der Waals surface area contributed by atoms with Crippen molar-refractivity contribution in [1.29, 1.82) is 0 Å². The molecule has 4 rings (SSSR count). The fraction of sp³-hybridized carbons (Fsp3) is 0.400. The molecule has 130 valence electrons. The zero-order valence-corrected chi connectivity index (χ0v) is 14.9. The van der Waals surface area contributed by atoms with Gasteiger partial charge in [-0.15, -0.1) is 0 Å². The molecule has 1 N–H and O–H groups in total. The summed E-state index contributed by atoms with van der Waals surface area (Å²) in [7, 11) is 2.11. The van der Waals surface area contributed by atoms with Gasteiger partial charge in [0.15, 0.2) is 0 Å². The number of imidazole rings is 1. The highest BCUT2D eigenvalue weighted by atomic mass is 15.2. The minimum absolute atomic E-state index is 0.665. The van der Waals surface area contributed by atoms with Gasteiger partial charge in [0.2, 0.25) is 0 Å². The Morgan fingerprint density at radius 3 is 2.88 bits per heavy atom. The zero-order valence-electron chi connectivity index (χ0n) is 14.9.